The number of carbonyl (C=O) groups is 1. The summed E-state index contributed by atoms with van der Waals surface area (Å²) in [6.45, 7) is 0.492. The summed E-state index contributed by atoms with van der Waals surface area (Å²) < 4.78 is 5.53. The van der Waals surface area contributed by atoms with Gasteiger partial charge in [-0.3, -0.25) is 4.79 Å². The smallest absolute Gasteiger partial charge is 0.303 e. The fourth-order valence-electron chi connectivity index (χ4n) is 1.51. The minimum Gasteiger partial charge on any atom is -0.494 e. The highest BCUT2D eigenvalue weighted by molar-refractivity contribution is 7.79. The number of carboxylic acid groups (broad SMARTS) is 1. The van der Waals surface area contributed by atoms with Gasteiger partial charge in [-0.2, -0.15) is 10.6 Å². The van der Waals surface area contributed by atoms with E-state index < -0.39 is 5.97 Å². The lowest BCUT2D eigenvalue weighted by Crippen LogP contribution is -2.31. The van der Waals surface area contributed by atoms with Crippen LogP contribution in [0.2, 0.25) is 0 Å². The minimum atomic E-state index is -0.781. The molecule has 114 valence electrons. The summed E-state index contributed by atoms with van der Waals surface area (Å²) in [6, 6.07) is 7.27. The summed E-state index contributed by atoms with van der Waals surface area (Å²) in [7, 11) is 1.55. The number of nitrogens with zero attached hydrogens (tertiary/aromatic N) is 3. The molecule has 0 saturated heterocycles. The van der Waals surface area contributed by atoms with Crippen LogP contribution in [-0.4, -0.2) is 30.2 Å². The standard InChI is InChI=1S/C13H18N4O3S/c1-14-15-16-17(10-21)11-5-7-12(8-6-11)20-9-3-2-4-13(18)19/h5-8,10H,2-4,9H2,1H3,(H,14,16)(H,18,19). The number of thiocarbonyl (C=S) groups is 1. The molecule has 1 aromatic rings. The monoisotopic (exact) mass is 310 g/mol. The van der Waals surface area contributed by atoms with Crippen LogP contribution in [-0.2, 0) is 4.79 Å². The van der Waals surface area contributed by atoms with Gasteiger partial charge in [0.25, 0.3) is 0 Å². The molecule has 0 heterocycles. The van der Waals surface area contributed by atoms with Crippen LogP contribution < -0.4 is 15.3 Å². The van der Waals surface area contributed by atoms with E-state index in [2.05, 4.69) is 15.9 Å². The van der Waals surface area contributed by atoms with Gasteiger partial charge in [0.1, 0.15) is 5.75 Å². The second-order valence-corrected chi connectivity index (χ2v) is 4.28. The Balaban J connectivity index is 2.42. The largest absolute Gasteiger partial charge is 0.494 e. The molecule has 0 saturated carbocycles. The molecule has 1 rings (SSSR count). The van der Waals surface area contributed by atoms with Gasteiger partial charge < -0.3 is 9.84 Å². The second-order valence-electron chi connectivity index (χ2n) is 4.07. The molecular formula is C13H18N4O3S. The van der Waals surface area contributed by atoms with E-state index >= 15 is 0 Å². The third kappa shape index (κ3) is 6.66. The number of nitrogens with one attached hydrogen (secondary N) is 1. The van der Waals surface area contributed by atoms with Crippen molar-refractivity contribution in [2.24, 2.45) is 10.3 Å². The number of aliphatic carboxylic acids is 1. The van der Waals surface area contributed by atoms with Crippen LogP contribution in [0.15, 0.2) is 34.6 Å². The van der Waals surface area contributed by atoms with Crippen LogP contribution in [0.1, 0.15) is 19.3 Å². The zero-order valence-electron chi connectivity index (χ0n) is 11.7. The van der Waals surface area contributed by atoms with Crippen molar-refractivity contribution in [3.8, 4) is 5.75 Å². The van der Waals surface area contributed by atoms with Crippen molar-refractivity contribution in [1.29, 1.82) is 0 Å². The highest BCUT2D eigenvalue weighted by atomic mass is 32.1. The molecule has 0 radical (unpaired) electrons. The number of anilines is 1. The Kier molecular flexibility index (Phi) is 7.73. The third-order valence-electron chi connectivity index (χ3n) is 2.53. The minimum absolute atomic E-state index is 0.170. The van der Waals surface area contributed by atoms with Gasteiger partial charge in [0.2, 0.25) is 0 Å². The lowest BCUT2D eigenvalue weighted by atomic mass is 10.2. The Labute approximate surface area is 128 Å². The molecule has 8 heteroatoms. The number of hydrogen-bond acceptors (Lipinski definition) is 5. The molecule has 0 aliphatic heterocycles. The van der Waals surface area contributed by atoms with E-state index in [1.807, 2.05) is 24.3 Å². The quantitative estimate of drug-likeness (QED) is 0.299. The maximum absolute atomic E-state index is 10.4. The first-order valence-electron chi connectivity index (χ1n) is 6.41. The molecule has 21 heavy (non-hydrogen) atoms. The molecular weight excluding hydrogens is 292 g/mol. The second kappa shape index (κ2) is 9.65. The topological polar surface area (TPSA) is 86.5 Å². The summed E-state index contributed by atoms with van der Waals surface area (Å²) in [6.07, 6.45) is 1.49. The average Bonchev–Trinajstić information content (AvgIpc) is 2.48. The molecule has 0 fully saturated rings. The van der Waals surface area contributed by atoms with Gasteiger partial charge in [-0.25, -0.2) is 5.01 Å². The molecule has 0 amide bonds. The average molecular weight is 310 g/mol. The number of ether oxygens (including phenoxy) is 1. The normalized spacial score (nSPS) is 10.3. The molecule has 0 unspecified atom stereocenters. The van der Waals surface area contributed by atoms with Gasteiger partial charge in [0, 0.05) is 6.42 Å². The number of rotatable bonds is 10. The van der Waals surface area contributed by atoms with Crippen molar-refractivity contribution in [2.75, 3.05) is 18.7 Å². The van der Waals surface area contributed by atoms with Gasteiger partial charge in [-0.05, 0) is 37.1 Å². The van der Waals surface area contributed by atoms with Crippen molar-refractivity contribution in [2.45, 2.75) is 19.3 Å². The number of unbranched alkanes of at least 4 members (excludes halogenated alkanes) is 1. The number of hydrogen-bond donors (Lipinski definition) is 2. The molecule has 0 atom stereocenters. The Bertz CT molecular complexity index is 479. The van der Waals surface area contributed by atoms with Crippen molar-refractivity contribution in [1.82, 2.24) is 5.53 Å². The van der Waals surface area contributed by atoms with Crippen LogP contribution in [0.4, 0.5) is 5.69 Å². The maximum Gasteiger partial charge on any atom is 0.303 e. The summed E-state index contributed by atoms with van der Waals surface area (Å²) in [4.78, 5) is 10.4. The Hall–Kier alpha value is -2.22. The first kappa shape index (κ1) is 16.8. The van der Waals surface area contributed by atoms with Crippen LogP contribution in [0.3, 0.4) is 0 Å². The summed E-state index contributed by atoms with van der Waals surface area (Å²) in [5.74, 6) is -0.0631. The van der Waals surface area contributed by atoms with E-state index in [1.54, 1.807) is 12.1 Å². The first-order chi connectivity index (χ1) is 10.2. The number of carboxylic acids is 1. The van der Waals surface area contributed by atoms with Crippen LogP contribution in [0, 0.1) is 0 Å². The predicted molar refractivity (Wildman–Crippen MR) is 83.5 cm³/mol. The van der Waals surface area contributed by atoms with E-state index in [1.165, 1.54) is 5.49 Å². The predicted octanol–water partition coefficient (Wildman–Crippen LogP) is 2.59. The van der Waals surface area contributed by atoms with Crippen molar-refractivity contribution in [3.63, 3.8) is 0 Å². The van der Waals surface area contributed by atoms with Crippen LogP contribution >= 0.6 is 12.2 Å². The highest BCUT2D eigenvalue weighted by Gasteiger charge is 2.03. The molecule has 0 spiro atoms. The maximum atomic E-state index is 10.4. The Morgan fingerprint density at radius 3 is 2.71 bits per heavy atom. The SMILES string of the molecule is CN=NNN(C=S)c1ccc(OCCCCC(=O)O)cc1. The van der Waals surface area contributed by atoms with Gasteiger partial charge >= 0.3 is 5.97 Å². The fraction of sp³-hybridized carbons (Fsp3) is 0.385. The van der Waals surface area contributed by atoms with E-state index in [0.717, 1.165) is 11.4 Å². The van der Waals surface area contributed by atoms with Crippen LogP contribution in [0.5, 0.6) is 5.75 Å². The number of benzene rings is 1. The van der Waals surface area contributed by atoms with Crippen molar-refractivity contribution < 1.29 is 14.6 Å². The molecule has 0 aliphatic rings. The first-order valence-corrected chi connectivity index (χ1v) is 6.88. The van der Waals surface area contributed by atoms with Crippen molar-refractivity contribution in [3.05, 3.63) is 24.3 Å². The molecule has 0 aromatic heterocycles. The lowest BCUT2D eigenvalue weighted by Gasteiger charge is -2.17. The fourth-order valence-corrected chi connectivity index (χ4v) is 1.68. The summed E-state index contributed by atoms with van der Waals surface area (Å²) in [5.41, 5.74) is 4.88. The summed E-state index contributed by atoms with van der Waals surface area (Å²) >= 11 is 4.88. The van der Waals surface area contributed by atoms with Gasteiger partial charge in [-0.15, -0.1) is 0 Å². The van der Waals surface area contributed by atoms with Gasteiger partial charge in [-0.1, -0.05) is 17.4 Å². The van der Waals surface area contributed by atoms with E-state index in [0.29, 0.717) is 19.4 Å². The molecule has 0 aliphatic carbocycles. The number of hydrazine groups is 1. The molecule has 1 aromatic carbocycles. The van der Waals surface area contributed by atoms with E-state index in [9.17, 15) is 4.79 Å². The van der Waals surface area contributed by atoms with Gasteiger partial charge in [0.15, 0.2) is 0 Å². The Morgan fingerprint density at radius 2 is 2.14 bits per heavy atom. The zero-order valence-corrected chi connectivity index (χ0v) is 12.5. The molecule has 0 bridgehead atoms. The molecule has 2 N–H and O–H groups in total. The van der Waals surface area contributed by atoms with Gasteiger partial charge in [0.05, 0.1) is 24.8 Å². The lowest BCUT2D eigenvalue weighted by molar-refractivity contribution is -0.137. The third-order valence-corrected chi connectivity index (χ3v) is 2.74. The Morgan fingerprint density at radius 1 is 1.43 bits per heavy atom. The summed E-state index contributed by atoms with van der Waals surface area (Å²) in [5, 5.41) is 17.3. The highest BCUT2D eigenvalue weighted by Crippen LogP contribution is 2.18. The van der Waals surface area contributed by atoms with Crippen LogP contribution in [0.25, 0.3) is 0 Å². The zero-order chi connectivity index (χ0) is 15.5. The van der Waals surface area contributed by atoms with E-state index in [-0.39, 0.29) is 6.42 Å². The molecule has 7 nitrogen and oxygen atoms in total. The van der Waals surface area contributed by atoms with Crippen molar-refractivity contribution >= 4 is 29.4 Å². The van der Waals surface area contributed by atoms with E-state index in [4.69, 9.17) is 22.1 Å².